The number of aromatic nitrogens is 2. The Morgan fingerprint density at radius 1 is 1.00 bits per heavy atom. The van der Waals surface area contributed by atoms with Crippen molar-refractivity contribution in [3.05, 3.63) is 89.0 Å². The molecular formula is C26H24F2N4O2. The van der Waals surface area contributed by atoms with E-state index in [9.17, 15) is 13.6 Å². The molecule has 0 unspecified atom stereocenters. The van der Waals surface area contributed by atoms with E-state index < -0.39 is 11.6 Å². The smallest absolute Gasteiger partial charge is 0.258 e. The first-order chi connectivity index (χ1) is 16.5. The van der Waals surface area contributed by atoms with Crippen molar-refractivity contribution in [2.24, 2.45) is 0 Å². The van der Waals surface area contributed by atoms with Crippen molar-refractivity contribution in [3.8, 4) is 0 Å². The van der Waals surface area contributed by atoms with E-state index in [-0.39, 0.29) is 11.9 Å². The summed E-state index contributed by atoms with van der Waals surface area (Å²) in [4.78, 5) is 13.2. The Bertz CT molecular complexity index is 1310. The number of halogens is 2. The molecule has 1 aliphatic rings. The van der Waals surface area contributed by atoms with Gasteiger partial charge in [0.15, 0.2) is 5.82 Å². The maximum absolute atomic E-state index is 13.6. The zero-order valence-corrected chi connectivity index (χ0v) is 18.4. The van der Waals surface area contributed by atoms with Gasteiger partial charge in [-0.1, -0.05) is 18.2 Å². The molecule has 4 aromatic rings. The second kappa shape index (κ2) is 9.61. The van der Waals surface area contributed by atoms with Crippen molar-refractivity contribution in [1.29, 1.82) is 0 Å². The highest BCUT2D eigenvalue weighted by atomic mass is 19.1. The number of carbonyl (C=O) groups is 1. The Labute approximate surface area is 195 Å². The molecule has 5 rings (SSSR count). The molecule has 174 valence electrons. The van der Waals surface area contributed by atoms with Gasteiger partial charge < -0.3 is 15.4 Å². The molecular weight excluding hydrogens is 438 g/mol. The first kappa shape index (κ1) is 22.0. The number of fused-ring (bicyclic) bond motifs is 1. The molecule has 0 spiro atoms. The quantitative estimate of drug-likeness (QED) is 0.365. The Hall–Kier alpha value is -3.78. The van der Waals surface area contributed by atoms with Crippen LogP contribution in [0.4, 0.5) is 20.3 Å². The van der Waals surface area contributed by atoms with Gasteiger partial charge in [0.1, 0.15) is 11.6 Å². The number of carbonyl (C=O) groups excluding carboxylic acids is 1. The van der Waals surface area contributed by atoms with Gasteiger partial charge in [0.05, 0.1) is 11.1 Å². The van der Waals surface area contributed by atoms with Crippen LogP contribution >= 0.6 is 0 Å². The number of amides is 1. The zero-order valence-electron chi connectivity index (χ0n) is 18.4. The second-order valence-corrected chi connectivity index (χ2v) is 8.44. The Kier molecular flexibility index (Phi) is 6.22. The van der Waals surface area contributed by atoms with Crippen molar-refractivity contribution in [1.82, 2.24) is 10.2 Å². The van der Waals surface area contributed by atoms with E-state index in [1.54, 1.807) is 6.07 Å². The predicted octanol–water partition coefficient (Wildman–Crippen LogP) is 5.28. The zero-order chi connectivity index (χ0) is 23.5. The fraction of sp³-hybridized carbons (Fsp3) is 0.231. The van der Waals surface area contributed by atoms with E-state index in [4.69, 9.17) is 4.74 Å². The summed E-state index contributed by atoms with van der Waals surface area (Å²) >= 11 is 0. The molecule has 34 heavy (non-hydrogen) atoms. The molecule has 0 bridgehead atoms. The van der Waals surface area contributed by atoms with Crippen LogP contribution in [0.1, 0.15) is 34.3 Å². The topological polar surface area (TPSA) is 79.0 Å². The van der Waals surface area contributed by atoms with Crippen LogP contribution in [0.3, 0.4) is 0 Å². The van der Waals surface area contributed by atoms with Crippen molar-refractivity contribution in [2.45, 2.75) is 25.3 Å². The maximum Gasteiger partial charge on any atom is 0.258 e. The van der Waals surface area contributed by atoms with Gasteiger partial charge in [0, 0.05) is 36.4 Å². The minimum Gasteiger partial charge on any atom is -0.381 e. The van der Waals surface area contributed by atoms with E-state index in [0.717, 1.165) is 41.1 Å². The molecule has 6 nitrogen and oxygen atoms in total. The van der Waals surface area contributed by atoms with Crippen molar-refractivity contribution >= 4 is 28.3 Å². The number of nitrogens with one attached hydrogen (secondary N) is 3. The van der Waals surface area contributed by atoms with Crippen molar-refractivity contribution < 1.29 is 18.3 Å². The molecule has 1 amide bonds. The van der Waals surface area contributed by atoms with Gasteiger partial charge in [-0.15, -0.1) is 0 Å². The van der Waals surface area contributed by atoms with Crippen LogP contribution in [-0.4, -0.2) is 35.4 Å². The van der Waals surface area contributed by atoms with Gasteiger partial charge in [-0.2, -0.15) is 5.10 Å². The molecule has 0 atom stereocenters. The Balaban J connectivity index is 1.37. The molecule has 1 aromatic heterocycles. The SMILES string of the molecule is O=C(Nc1n[nH]c2ccc(Cc3cc(F)cc(F)c3)cc12)c1ccccc1NC1CCOCC1. The number of anilines is 2. The Morgan fingerprint density at radius 3 is 2.56 bits per heavy atom. The van der Waals surface area contributed by atoms with Crippen molar-refractivity contribution in [3.63, 3.8) is 0 Å². The molecule has 0 radical (unpaired) electrons. The molecule has 3 N–H and O–H groups in total. The number of rotatable bonds is 6. The lowest BCUT2D eigenvalue weighted by Crippen LogP contribution is -2.29. The number of ether oxygens (including phenoxy) is 1. The summed E-state index contributed by atoms with van der Waals surface area (Å²) < 4.78 is 32.6. The summed E-state index contributed by atoms with van der Waals surface area (Å²) in [5, 5.41) is 14.3. The van der Waals surface area contributed by atoms with E-state index in [2.05, 4.69) is 20.8 Å². The van der Waals surface area contributed by atoms with Gasteiger partial charge >= 0.3 is 0 Å². The average molecular weight is 463 g/mol. The van der Waals surface area contributed by atoms with Gasteiger partial charge in [-0.05, 0) is 66.8 Å². The van der Waals surface area contributed by atoms with Crippen LogP contribution in [0.25, 0.3) is 10.9 Å². The second-order valence-electron chi connectivity index (χ2n) is 8.44. The van der Waals surface area contributed by atoms with E-state index in [1.165, 1.54) is 12.1 Å². The van der Waals surface area contributed by atoms with Gasteiger partial charge in [0.2, 0.25) is 0 Å². The third-order valence-corrected chi connectivity index (χ3v) is 5.94. The summed E-state index contributed by atoms with van der Waals surface area (Å²) in [6, 6.07) is 16.7. The highest BCUT2D eigenvalue weighted by Gasteiger charge is 2.19. The number of nitrogens with zero attached hydrogens (tertiary/aromatic N) is 1. The lowest BCUT2D eigenvalue weighted by molar-refractivity contribution is 0.0904. The van der Waals surface area contributed by atoms with Crippen LogP contribution in [0, 0.1) is 11.6 Å². The summed E-state index contributed by atoms with van der Waals surface area (Å²) in [6.45, 7) is 1.41. The number of para-hydroxylation sites is 1. The van der Waals surface area contributed by atoms with Crippen LogP contribution in [0.2, 0.25) is 0 Å². The summed E-state index contributed by atoms with van der Waals surface area (Å²) in [5.41, 5.74) is 3.41. The fourth-order valence-electron chi connectivity index (χ4n) is 4.26. The summed E-state index contributed by atoms with van der Waals surface area (Å²) in [5.74, 6) is -1.10. The first-order valence-corrected chi connectivity index (χ1v) is 11.2. The number of H-pyrrole nitrogens is 1. The molecule has 3 aromatic carbocycles. The summed E-state index contributed by atoms with van der Waals surface area (Å²) in [7, 11) is 0. The number of hydrogen-bond donors (Lipinski definition) is 3. The molecule has 2 heterocycles. The summed E-state index contributed by atoms with van der Waals surface area (Å²) in [6.07, 6.45) is 2.12. The fourth-order valence-corrected chi connectivity index (χ4v) is 4.26. The monoisotopic (exact) mass is 462 g/mol. The highest BCUT2D eigenvalue weighted by Crippen LogP contribution is 2.26. The Morgan fingerprint density at radius 2 is 1.76 bits per heavy atom. The largest absolute Gasteiger partial charge is 0.381 e. The van der Waals surface area contributed by atoms with Gasteiger partial charge in [0.25, 0.3) is 5.91 Å². The number of hydrogen-bond acceptors (Lipinski definition) is 4. The third-order valence-electron chi connectivity index (χ3n) is 5.94. The van der Waals surface area contributed by atoms with E-state index >= 15 is 0 Å². The molecule has 8 heteroatoms. The standard InChI is InChI=1S/C26H24F2N4O2/c27-18-12-17(13-19(28)15-18)11-16-5-6-24-22(14-16)25(32-31-24)30-26(33)21-3-1-2-4-23(21)29-20-7-9-34-10-8-20/h1-6,12-15,20,29H,7-11H2,(H2,30,31,32,33). The lowest BCUT2D eigenvalue weighted by atomic mass is 10.0. The number of aromatic amines is 1. The maximum atomic E-state index is 13.6. The average Bonchev–Trinajstić information content (AvgIpc) is 3.21. The molecule has 0 aliphatic carbocycles. The van der Waals surface area contributed by atoms with Crippen LogP contribution in [0.5, 0.6) is 0 Å². The van der Waals surface area contributed by atoms with Gasteiger partial charge in [-0.3, -0.25) is 9.89 Å². The highest BCUT2D eigenvalue weighted by molar-refractivity contribution is 6.10. The molecule has 1 saturated heterocycles. The van der Waals surface area contributed by atoms with Crippen LogP contribution in [0.15, 0.2) is 60.7 Å². The number of benzene rings is 3. The van der Waals surface area contributed by atoms with Crippen LogP contribution < -0.4 is 10.6 Å². The minimum absolute atomic E-state index is 0.254. The molecule has 0 saturated carbocycles. The van der Waals surface area contributed by atoms with Crippen LogP contribution in [-0.2, 0) is 11.2 Å². The van der Waals surface area contributed by atoms with E-state index in [0.29, 0.717) is 36.6 Å². The van der Waals surface area contributed by atoms with Crippen molar-refractivity contribution in [2.75, 3.05) is 23.8 Å². The first-order valence-electron chi connectivity index (χ1n) is 11.2. The normalized spacial score (nSPS) is 14.3. The minimum atomic E-state index is -0.611. The molecule has 1 fully saturated rings. The lowest BCUT2D eigenvalue weighted by Gasteiger charge is -2.25. The van der Waals surface area contributed by atoms with E-state index in [1.807, 2.05) is 36.4 Å². The third kappa shape index (κ3) is 4.92. The molecule has 1 aliphatic heterocycles. The predicted molar refractivity (Wildman–Crippen MR) is 127 cm³/mol. The van der Waals surface area contributed by atoms with Gasteiger partial charge in [-0.25, -0.2) is 8.78 Å².